The van der Waals surface area contributed by atoms with Crippen molar-refractivity contribution < 1.29 is 5.11 Å². The first-order valence-corrected chi connectivity index (χ1v) is 9.71. The Morgan fingerprint density at radius 2 is 2.04 bits per heavy atom. The second-order valence-corrected chi connectivity index (χ2v) is 8.26. The van der Waals surface area contributed by atoms with Crippen LogP contribution >= 0.6 is 27.5 Å². The zero-order valence-electron chi connectivity index (χ0n) is 14.0. The third-order valence-electron chi connectivity index (χ3n) is 5.44. The summed E-state index contributed by atoms with van der Waals surface area (Å²) >= 11 is 9.93. The van der Waals surface area contributed by atoms with Crippen LogP contribution in [-0.4, -0.2) is 35.1 Å². The summed E-state index contributed by atoms with van der Waals surface area (Å²) in [5, 5.41) is 12.8. The van der Waals surface area contributed by atoms with Crippen molar-refractivity contribution in [3.63, 3.8) is 0 Å². The van der Waals surface area contributed by atoms with Crippen LogP contribution in [0.25, 0.3) is 10.6 Å². The summed E-state index contributed by atoms with van der Waals surface area (Å²) in [7, 11) is 2.13. The van der Waals surface area contributed by atoms with E-state index in [4.69, 9.17) is 11.6 Å². The number of aliphatic hydroxyl groups is 1. The predicted molar refractivity (Wildman–Crippen MR) is 106 cm³/mol. The van der Waals surface area contributed by atoms with E-state index in [1.165, 1.54) is 0 Å². The Labute approximate surface area is 161 Å². The smallest absolute Gasteiger partial charge is 0.135 e. The third-order valence-corrected chi connectivity index (χ3v) is 6.33. The Kier molecular flexibility index (Phi) is 4.49. The van der Waals surface area contributed by atoms with Gasteiger partial charge in [-0.3, -0.25) is 4.98 Å². The highest BCUT2D eigenvalue weighted by Crippen LogP contribution is 2.48. The van der Waals surface area contributed by atoms with Gasteiger partial charge in [0.05, 0.1) is 5.69 Å². The van der Waals surface area contributed by atoms with E-state index in [-0.39, 0.29) is 5.92 Å². The Balaban J connectivity index is 1.97. The van der Waals surface area contributed by atoms with Crippen molar-refractivity contribution in [3.8, 4) is 0 Å². The maximum atomic E-state index is 12.1. The molecule has 5 heteroatoms. The first-order valence-electron chi connectivity index (χ1n) is 8.54. The van der Waals surface area contributed by atoms with Crippen molar-refractivity contribution in [2.45, 2.75) is 18.4 Å². The van der Waals surface area contributed by atoms with E-state index in [1.807, 2.05) is 36.4 Å². The van der Waals surface area contributed by atoms with Crippen molar-refractivity contribution in [1.29, 1.82) is 0 Å². The van der Waals surface area contributed by atoms with E-state index in [1.54, 1.807) is 6.20 Å². The predicted octanol–water partition coefficient (Wildman–Crippen LogP) is 4.52. The van der Waals surface area contributed by atoms with Crippen molar-refractivity contribution in [3.05, 3.63) is 63.9 Å². The number of fused-ring (bicyclic) bond motifs is 2. The molecule has 1 aromatic heterocycles. The van der Waals surface area contributed by atoms with Crippen LogP contribution in [0.1, 0.15) is 35.2 Å². The fourth-order valence-electron chi connectivity index (χ4n) is 4.08. The normalized spacial score (nSPS) is 24.2. The lowest BCUT2D eigenvalue weighted by molar-refractivity contribution is -0.0144. The van der Waals surface area contributed by atoms with Crippen LogP contribution in [0.3, 0.4) is 0 Å². The number of rotatable bonds is 1. The van der Waals surface area contributed by atoms with Gasteiger partial charge in [0, 0.05) is 27.2 Å². The van der Waals surface area contributed by atoms with Crippen LogP contribution in [0.5, 0.6) is 0 Å². The van der Waals surface area contributed by atoms with E-state index >= 15 is 0 Å². The molecule has 1 unspecified atom stereocenters. The van der Waals surface area contributed by atoms with Gasteiger partial charge >= 0.3 is 0 Å². The second kappa shape index (κ2) is 6.51. The SMILES string of the molecule is CN1CCC(C2(O)c3ccc(Cl)cc3C(Br)=Cc3cccnc32)CC1. The molecule has 25 heavy (non-hydrogen) atoms. The molecule has 4 rings (SSSR count). The summed E-state index contributed by atoms with van der Waals surface area (Å²) < 4.78 is 0.920. The zero-order chi connectivity index (χ0) is 17.6. The highest BCUT2D eigenvalue weighted by molar-refractivity contribution is 9.15. The molecule has 1 aliphatic carbocycles. The Morgan fingerprint density at radius 1 is 1.28 bits per heavy atom. The van der Waals surface area contributed by atoms with Crippen LogP contribution in [0.15, 0.2) is 36.5 Å². The van der Waals surface area contributed by atoms with E-state index in [0.29, 0.717) is 5.02 Å². The molecule has 0 bridgehead atoms. The monoisotopic (exact) mass is 418 g/mol. The Bertz CT molecular complexity index is 845. The first kappa shape index (κ1) is 17.2. The standard InChI is InChI=1S/C20H20BrClN2O/c1-24-9-6-14(7-10-24)20(25)17-5-4-15(22)12-16(17)18(21)11-13-3-2-8-23-19(13)20/h2-5,8,11-12,14,25H,6-7,9-10H2,1H3. The van der Waals surface area contributed by atoms with E-state index in [9.17, 15) is 5.11 Å². The van der Waals surface area contributed by atoms with E-state index < -0.39 is 5.60 Å². The molecule has 1 aromatic carbocycles. The van der Waals surface area contributed by atoms with Gasteiger partial charge in [-0.25, -0.2) is 0 Å². The molecule has 1 aliphatic heterocycles. The Hall–Kier alpha value is -1.20. The average molecular weight is 420 g/mol. The highest BCUT2D eigenvalue weighted by atomic mass is 79.9. The van der Waals surface area contributed by atoms with Crippen molar-refractivity contribution >= 4 is 38.1 Å². The summed E-state index contributed by atoms with van der Waals surface area (Å²) in [6.07, 6.45) is 5.66. The first-order chi connectivity index (χ1) is 12.0. The minimum Gasteiger partial charge on any atom is -0.378 e. The topological polar surface area (TPSA) is 36.4 Å². The maximum absolute atomic E-state index is 12.1. The van der Waals surface area contributed by atoms with Gasteiger partial charge in [0.2, 0.25) is 0 Å². The quantitative estimate of drug-likeness (QED) is 0.738. The van der Waals surface area contributed by atoms with E-state index in [2.05, 4.69) is 32.9 Å². The zero-order valence-corrected chi connectivity index (χ0v) is 16.4. The van der Waals surface area contributed by atoms with Crippen LogP contribution in [0, 0.1) is 5.92 Å². The van der Waals surface area contributed by atoms with Gasteiger partial charge in [-0.2, -0.15) is 0 Å². The number of halogens is 2. The molecule has 2 heterocycles. The summed E-state index contributed by atoms with van der Waals surface area (Å²) in [5.41, 5.74) is 2.38. The minimum atomic E-state index is -1.12. The van der Waals surface area contributed by atoms with E-state index in [0.717, 1.165) is 52.8 Å². The average Bonchev–Trinajstić information content (AvgIpc) is 2.70. The van der Waals surface area contributed by atoms with Gasteiger partial charge < -0.3 is 10.0 Å². The molecule has 2 aromatic rings. The number of likely N-dealkylation sites (tertiary alicyclic amines) is 1. The Morgan fingerprint density at radius 3 is 2.80 bits per heavy atom. The fraction of sp³-hybridized carbons (Fsp3) is 0.350. The number of piperidine rings is 1. The minimum absolute atomic E-state index is 0.115. The number of benzene rings is 1. The van der Waals surface area contributed by atoms with Crippen LogP contribution in [0.2, 0.25) is 5.02 Å². The highest BCUT2D eigenvalue weighted by Gasteiger charge is 2.46. The van der Waals surface area contributed by atoms with Crippen LogP contribution < -0.4 is 0 Å². The number of hydrogen-bond acceptors (Lipinski definition) is 3. The molecule has 0 spiro atoms. The summed E-state index contributed by atoms with van der Waals surface area (Å²) in [5.74, 6) is 0.115. The van der Waals surface area contributed by atoms with Crippen molar-refractivity contribution in [2.24, 2.45) is 5.92 Å². The molecular weight excluding hydrogens is 400 g/mol. The maximum Gasteiger partial charge on any atom is 0.135 e. The molecule has 2 aliphatic rings. The number of nitrogens with zero attached hydrogens (tertiary/aromatic N) is 2. The second-order valence-electron chi connectivity index (χ2n) is 6.97. The third kappa shape index (κ3) is 2.85. The molecule has 1 saturated heterocycles. The van der Waals surface area contributed by atoms with Crippen molar-refractivity contribution in [2.75, 3.05) is 20.1 Å². The van der Waals surface area contributed by atoms with Gasteiger partial charge in [0.1, 0.15) is 5.60 Å². The fourth-order valence-corrected chi connectivity index (χ4v) is 4.83. The molecule has 1 N–H and O–H groups in total. The molecular formula is C20H20BrClN2O. The van der Waals surface area contributed by atoms with Gasteiger partial charge in [-0.05, 0) is 68.4 Å². The lowest BCUT2D eigenvalue weighted by atomic mass is 9.72. The van der Waals surface area contributed by atoms with Gasteiger partial charge in [0.25, 0.3) is 0 Å². The lowest BCUT2D eigenvalue weighted by Gasteiger charge is -2.41. The molecule has 1 atom stereocenters. The lowest BCUT2D eigenvalue weighted by Crippen LogP contribution is -2.44. The largest absolute Gasteiger partial charge is 0.378 e. The van der Waals surface area contributed by atoms with Crippen molar-refractivity contribution in [1.82, 2.24) is 9.88 Å². The molecule has 0 radical (unpaired) electrons. The number of hydrogen-bond donors (Lipinski definition) is 1. The van der Waals surface area contributed by atoms with Crippen LogP contribution in [0.4, 0.5) is 0 Å². The molecule has 3 nitrogen and oxygen atoms in total. The molecule has 1 fully saturated rings. The molecule has 130 valence electrons. The summed E-state index contributed by atoms with van der Waals surface area (Å²) in [6, 6.07) is 9.65. The molecule has 0 amide bonds. The van der Waals surface area contributed by atoms with Gasteiger partial charge in [-0.15, -0.1) is 0 Å². The number of pyridine rings is 1. The summed E-state index contributed by atoms with van der Waals surface area (Å²) in [6.45, 7) is 1.96. The number of aromatic nitrogens is 1. The summed E-state index contributed by atoms with van der Waals surface area (Å²) in [4.78, 5) is 6.93. The van der Waals surface area contributed by atoms with Crippen LogP contribution in [-0.2, 0) is 5.60 Å². The van der Waals surface area contributed by atoms with Gasteiger partial charge in [-0.1, -0.05) is 39.7 Å². The molecule has 0 saturated carbocycles. The van der Waals surface area contributed by atoms with Gasteiger partial charge in [0.15, 0.2) is 0 Å².